The van der Waals surface area contributed by atoms with Crippen LogP contribution in [0.3, 0.4) is 0 Å². The van der Waals surface area contributed by atoms with Crippen LogP contribution in [0.4, 0.5) is 34.1 Å². The monoisotopic (exact) mass is 984 g/mol. The number of hydrogen-bond acceptors (Lipinski definition) is 6. The van der Waals surface area contributed by atoms with Crippen LogP contribution in [0, 0.1) is 0 Å². The highest BCUT2D eigenvalue weighted by Crippen LogP contribution is 2.51. The van der Waals surface area contributed by atoms with Crippen molar-refractivity contribution >= 4 is 143 Å². The lowest BCUT2D eigenvalue weighted by molar-refractivity contribution is 0.588. The minimum Gasteiger partial charge on any atom is -0.456 e. The molecule has 11 aromatic carbocycles. The molecule has 0 N–H and O–H groups in total. The summed E-state index contributed by atoms with van der Waals surface area (Å²) in [6.45, 7) is 13.6. The van der Waals surface area contributed by atoms with Crippen LogP contribution in [-0.4, -0.2) is 0 Å². The molecule has 0 spiro atoms. The largest absolute Gasteiger partial charge is 0.456 e. The van der Waals surface area contributed by atoms with Gasteiger partial charge in [-0.1, -0.05) is 151 Å². The smallest absolute Gasteiger partial charge is 0.159 e. The Hall–Kier alpha value is -9.26. The Labute approximate surface area is 438 Å². The van der Waals surface area contributed by atoms with Gasteiger partial charge in [0.15, 0.2) is 11.2 Å². The van der Waals surface area contributed by atoms with Crippen molar-refractivity contribution in [3.05, 3.63) is 217 Å². The van der Waals surface area contributed by atoms with Crippen molar-refractivity contribution in [2.75, 3.05) is 9.80 Å². The maximum Gasteiger partial charge on any atom is 0.159 e. The second kappa shape index (κ2) is 16.1. The zero-order valence-electron chi connectivity index (χ0n) is 43.2. The van der Waals surface area contributed by atoms with Gasteiger partial charge in [-0.2, -0.15) is 0 Å². The SMILES string of the molecule is CC(C)(C)c1ccc2c(oc3ccccc32)c1N(c1ccccc1)c1ccc2cc3c(cc2c1)oc1c3ccc2oc3cc4cc(N(c5ccccc5)c5c(C(C)(C)C)ccc6c5oc5ccccc56)ccc4cc3c21. The lowest BCUT2D eigenvalue weighted by Crippen LogP contribution is -2.19. The Morgan fingerprint density at radius 1 is 0.276 bits per heavy atom. The number of nitrogens with zero attached hydrogens (tertiary/aromatic N) is 2. The number of para-hydroxylation sites is 4. The fourth-order valence-corrected chi connectivity index (χ4v) is 12.0. The molecule has 0 saturated carbocycles. The van der Waals surface area contributed by atoms with Crippen LogP contribution in [0.2, 0.25) is 0 Å². The van der Waals surface area contributed by atoms with Crippen LogP contribution in [-0.2, 0) is 10.8 Å². The van der Waals surface area contributed by atoms with Crippen molar-refractivity contribution < 1.29 is 17.7 Å². The zero-order valence-corrected chi connectivity index (χ0v) is 43.2. The number of fused-ring (bicyclic) bond motifs is 15. The molecule has 0 aliphatic heterocycles. The van der Waals surface area contributed by atoms with E-state index in [4.69, 9.17) is 17.7 Å². The highest BCUT2D eigenvalue weighted by atomic mass is 16.3. The lowest BCUT2D eigenvalue weighted by Gasteiger charge is -2.32. The van der Waals surface area contributed by atoms with Crippen LogP contribution >= 0.6 is 0 Å². The normalized spacial score (nSPS) is 12.6. The summed E-state index contributed by atoms with van der Waals surface area (Å²) in [4.78, 5) is 4.73. The van der Waals surface area contributed by atoms with Crippen molar-refractivity contribution in [1.29, 1.82) is 0 Å². The van der Waals surface area contributed by atoms with E-state index in [1.807, 2.05) is 12.1 Å². The fourth-order valence-electron chi connectivity index (χ4n) is 12.0. The molecule has 0 saturated heterocycles. The van der Waals surface area contributed by atoms with E-state index in [-0.39, 0.29) is 10.8 Å². The molecule has 0 radical (unpaired) electrons. The van der Waals surface area contributed by atoms with Crippen molar-refractivity contribution in [3.8, 4) is 0 Å². The van der Waals surface area contributed by atoms with Crippen LogP contribution in [0.5, 0.6) is 0 Å². The molecule has 366 valence electrons. The van der Waals surface area contributed by atoms with E-state index in [9.17, 15) is 0 Å². The Kier molecular flexibility index (Phi) is 9.38. The molecule has 0 amide bonds. The van der Waals surface area contributed by atoms with Gasteiger partial charge in [0, 0.05) is 60.5 Å². The number of hydrogen-bond donors (Lipinski definition) is 0. The lowest BCUT2D eigenvalue weighted by atomic mass is 9.84. The Balaban J connectivity index is 0.880. The second-order valence-electron chi connectivity index (χ2n) is 22.5. The Morgan fingerprint density at radius 2 is 0.711 bits per heavy atom. The second-order valence-corrected chi connectivity index (χ2v) is 22.5. The molecular weight excluding hydrogens is 933 g/mol. The topological polar surface area (TPSA) is 59.0 Å². The van der Waals surface area contributed by atoms with Crippen LogP contribution < -0.4 is 9.80 Å². The fraction of sp³-hybridized carbons (Fsp3) is 0.114. The molecule has 0 atom stereocenters. The predicted molar refractivity (Wildman–Crippen MR) is 317 cm³/mol. The van der Waals surface area contributed by atoms with Gasteiger partial charge in [-0.25, -0.2) is 0 Å². The summed E-state index contributed by atoms with van der Waals surface area (Å²) in [5.41, 5.74) is 15.0. The summed E-state index contributed by atoms with van der Waals surface area (Å²) in [7, 11) is 0. The van der Waals surface area contributed by atoms with E-state index in [0.717, 1.165) is 143 Å². The number of benzene rings is 11. The standard InChI is InChI=1S/C70H52N2O4/c1-69(2,3)56-32-29-51-49-21-13-15-23-58(49)74-67(51)64(56)71(45-17-9-7-10-18-45)47-27-25-41-37-54-53-31-34-60-63(66(53)76-61(54)39-43(41)35-47)55-38-42-26-28-48(36-44(42)40-62(55)73-60)72(46-19-11-8-12-20-46)65-57(70(4,5)6)33-30-52-50-22-14-16-24-59(50)75-68(52)65/h7-40H,1-6H3. The average molecular weight is 985 g/mol. The maximum absolute atomic E-state index is 7.02. The quantitative estimate of drug-likeness (QED) is 0.165. The molecule has 76 heavy (non-hydrogen) atoms. The van der Waals surface area contributed by atoms with Crippen molar-refractivity contribution in [1.82, 2.24) is 0 Å². The van der Waals surface area contributed by atoms with E-state index in [1.54, 1.807) is 0 Å². The third-order valence-electron chi connectivity index (χ3n) is 15.6. The van der Waals surface area contributed by atoms with Crippen molar-refractivity contribution in [2.45, 2.75) is 52.4 Å². The molecular formula is C70H52N2O4. The van der Waals surface area contributed by atoms with E-state index >= 15 is 0 Å². The van der Waals surface area contributed by atoms with E-state index in [1.165, 1.54) is 11.1 Å². The molecule has 0 fully saturated rings. The van der Waals surface area contributed by atoms with Gasteiger partial charge in [-0.15, -0.1) is 0 Å². The van der Waals surface area contributed by atoms with Crippen molar-refractivity contribution in [2.24, 2.45) is 0 Å². The highest BCUT2D eigenvalue weighted by molar-refractivity contribution is 6.24. The first kappa shape index (κ1) is 44.2. The highest BCUT2D eigenvalue weighted by Gasteiger charge is 2.31. The van der Waals surface area contributed by atoms with Gasteiger partial charge in [0.25, 0.3) is 0 Å². The summed E-state index contributed by atoms with van der Waals surface area (Å²) >= 11 is 0. The van der Waals surface area contributed by atoms with Gasteiger partial charge in [-0.05, 0) is 141 Å². The average Bonchev–Trinajstić information content (AvgIpc) is 4.25. The molecule has 6 heteroatoms. The van der Waals surface area contributed by atoms with Crippen LogP contribution in [0.1, 0.15) is 52.7 Å². The molecule has 0 bridgehead atoms. The third kappa shape index (κ3) is 6.73. The van der Waals surface area contributed by atoms with Gasteiger partial charge >= 0.3 is 0 Å². The number of rotatable bonds is 6. The van der Waals surface area contributed by atoms with Crippen LogP contribution in [0.25, 0.3) is 109 Å². The van der Waals surface area contributed by atoms with Gasteiger partial charge < -0.3 is 27.5 Å². The molecule has 4 aromatic heterocycles. The van der Waals surface area contributed by atoms with Crippen molar-refractivity contribution in [3.63, 3.8) is 0 Å². The maximum atomic E-state index is 7.02. The summed E-state index contributed by atoms with van der Waals surface area (Å²) in [5, 5.41) is 12.9. The number of anilines is 6. The van der Waals surface area contributed by atoms with Gasteiger partial charge in [0.1, 0.15) is 33.5 Å². The number of furan rings is 4. The third-order valence-corrected chi connectivity index (χ3v) is 15.6. The predicted octanol–water partition coefficient (Wildman–Crippen LogP) is 21.1. The molecule has 0 unspecified atom stereocenters. The molecule has 15 aromatic rings. The van der Waals surface area contributed by atoms with Gasteiger partial charge in [0.05, 0.1) is 16.8 Å². The van der Waals surface area contributed by atoms with Gasteiger partial charge in [-0.3, -0.25) is 0 Å². The summed E-state index contributed by atoms with van der Waals surface area (Å²) in [6, 6.07) is 73.5. The summed E-state index contributed by atoms with van der Waals surface area (Å²) in [6.07, 6.45) is 0. The molecule has 6 nitrogen and oxygen atoms in total. The molecule has 0 aliphatic rings. The van der Waals surface area contributed by atoms with E-state index in [2.05, 4.69) is 245 Å². The minimum absolute atomic E-state index is 0.183. The molecule has 15 rings (SSSR count). The van der Waals surface area contributed by atoms with Gasteiger partial charge in [0.2, 0.25) is 0 Å². The molecule has 4 heterocycles. The first-order valence-electron chi connectivity index (χ1n) is 26.2. The van der Waals surface area contributed by atoms with E-state index in [0.29, 0.717) is 0 Å². The summed E-state index contributed by atoms with van der Waals surface area (Å²) in [5.74, 6) is 0. The van der Waals surface area contributed by atoms with E-state index < -0.39 is 0 Å². The Morgan fingerprint density at radius 3 is 1.22 bits per heavy atom. The summed E-state index contributed by atoms with van der Waals surface area (Å²) < 4.78 is 27.4. The Bertz CT molecular complexity index is 4850. The first-order valence-corrected chi connectivity index (χ1v) is 26.2. The minimum atomic E-state index is -0.184. The zero-order chi connectivity index (χ0) is 51.2. The van der Waals surface area contributed by atoms with Crippen LogP contribution in [0.15, 0.2) is 224 Å². The first-order chi connectivity index (χ1) is 36.9. The molecule has 0 aliphatic carbocycles.